The van der Waals surface area contributed by atoms with Crippen LogP contribution in [-0.4, -0.2) is 34.3 Å². The minimum Gasteiger partial charge on any atom is -0.366 e. The molecule has 0 aromatic carbocycles. The third kappa shape index (κ3) is 3.41. The molecular weight excluding hydrogens is 274 g/mol. The van der Waals surface area contributed by atoms with Crippen LogP contribution < -0.4 is 4.90 Å². The second-order valence-electron chi connectivity index (χ2n) is 6.69. The smallest absolute Gasteiger partial charge is 0.137 e. The van der Waals surface area contributed by atoms with Crippen LogP contribution in [-0.2, 0) is 11.2 Å². The van der Waals surface area contributed by atoms with Crippen molar-refractivity contribution in [2.45, 2.75) is 58.7 Å². The molecule has 112 valence electrons. The standard InChI is InChI=1S/C15H24ClN3O/c1-6-7-11-12(16)17-10-18-13(11)19-8-14(2,3)20-15(4,5)9-19/h10H,6-9H2,1-5H3. The first kappa shape index (κ1) is 15.5. The highest BCUT2D eigenvalue weighted by atomic mass is 35.5. The summed E-state index contributed by atoms with van der Waals surface area (Å²) in [6.07, 6.45) is 3.47. The maximum absolute atomic E-state index is 6.26. The topological polar surface area (TPSA) is 38.2 Å². The monoisotopic (exact) mass is 297 g/mol. The van der Waals surface area contributed by atoms with Crippen molar-refractivity contribution in [2.75, 3.05) is 18.0 Å². The summed E-state index contributed by atoms with van der Waals surface area (Å²) in [6, 6.07) is 0. The quantitative estimate of drug-likeness (QED) is 0.801. The van der Waals surface area contributed by atoms with Crippen molar-refractivity contribution < 1.29 is 4.74 Å². The van der Waals surface area contributed by atoms with Crippen LogP contribution in [0.1, 0.15) is 46.6 Å². The van der Waals surface area contributed by atoms with E-state index in [0.29, 0.717) is 5.15 Å². The van der Waals surface area contributed by atoms with Crippen molar-refractivity contribution >= 4 is 17.4 Å². The van der Waals surface area contributed by atoms with Crippen LogP contribution >= 0.6 is 11.6 Å². The highest BCUT2D eigenvalue weighted by molar-refractivity contribution is 6.30. The minimum atomic E-state index is -0.206. The van der Waals surface area contributed by atoms with E-state index in [-0.39, 0.29) is 11.2 Å². The fraction of sp³-hybridized carbons (Fsp3) is 0.733. The SMILES string of the molecule is CCCc1c(Cl)ncnc1N1CC(C)(C)OC(C)(C)C1. The molecule has 0 atom stereocenters. The van der Waals surface area contributed by atoms with Gasteiger partial charge in [0.05, 0.1) is 11.2 Å². The fourth-order valence-electron chi connectivity index (χ4n) is 3.06. The van der Waals surface area contributed by atoms with Crippen molar-refractivity contribution in [2.24, 2.45) is 0 Å². The van der Waals surface area contributed by atoms with Crippen LogP contribution in [0, 0.1) is 0 Å². The maximum atomic E-state index is 6.26. The number of aromatic nitrogens is 2. The van der Waals surface area contributed by atoms with Crippen LogP contribution in [0.25, 0.3) is 0 Å². The molecule has 5 heteroatoms. The van der Waals surface area contributed by atoms with Crippen LogP contribution in [0.2, 0.25) is 5.15 Å². The van der Waals surface area contributed by atoms with Gasteiger partial charge < -0.3 is 9.64 Å². The zero-order chi connectivity index (χ0) is 15.0. The van der Waals surface area contributed by atoms with E-state index < -0.39 is 0 Å². The number of hydrogen-bond acceptors (Lipinski definition) is 4. The molecule has 4 nitrogen and oxygen atoms in total. The van der Waals surface area contributed by atoms with Crippen molar-refractivity contribution in [1.82, 2.24) is 9.97 Å². The number of rotatable bonds is 3. The van der Waals surface area contributed by atoms with Crippen LogP contribution in [0.15, 0.2) is 6.33 Å². The minimum absolute atomic E-state index is 0.206. The summed E-state index contributed by atoms with van der Waals surface area (Å²) in [4.78, 5) is 10.9. The van der Waals surface area contributed by atoms with Gasteiger partial charge in [0.15, 0.2) is 0 Å². The summed E-state index contributed by atoms with van der Waals surface area (Å²) < 4.78 is 6.12. The number of ether oxygens (including phenoxy) is 1. The number of hydrogen-bond donors (Lipinski definition) is 0. The average molecular weight is 298 g/mol. The molecule has 1 fully saturated rings. The largest absolute Gasteiger partial charge is 0.366 e. The van der Waals surface area contributed by atoms with Gasteiger partial charge in [-0.15, -0.1) is 0 Å². The van der Waals surface area contributed by atoms with Gasteiger partial charge in [0.2, 0.25) is 0 Å². The molecule has 0 bridgehead atoms. The van der Waals surface area contributed by atoms with Crippen molar-refractivity contribution in [3.63, 3.8) is 0 Å². The Morgan fingerprint density at radius 3 is 2.35 bits per heavy atom. The highest BCUT2D eigenvalue weighted by Crippen LogP contribution is 2.33. The van der Waals surface area contributed by atoms with Crippen LogP contribution in [0.4, 0.5) is 5.82 Å². The van der Waals surface area contributed by atoms with E-state index in [1.165, 1.54) is 0 Å². The Morgan fingerprint density at radius 1 is 1.20 bits per heavy atom. The van der Waals surface area contributed by atoms with Gasteiger partial charge in [0.1, 0.15) is 17.3 Å². The summed E-state index contributed by atoms with van der Waals surface area (Å²) in [5, 5.41) is 0.568. The maximum Gasteiger partial charge on any atom is 0.137 e. The summed E-state index contributed by atoms with van der Waals surface area (Å²) in [5.41, 5.74) is 0.635. The lowest BCUT2D eigenvalue weighted by Gasteiger charge is -2.48. The molecule has 2 heterocycles. The Hall–Kier alpha value is -0.870. The second kappa shape index (κ2) is 5.49. The molecule has 0 saturated carbocycles. The predicted octanol–water partition coefficient (Wildman–Crippen LogP) is 3.48. The molecule has 1 saturated heterocycles. The van der Waals surface area contributed by atoms with Gasteiger partial charge in [-0.05, 0) is 34.1 Å². The zero-order valence-corrected chi connectivity index (χ0v) is 13.8. The Bertz CT molecular complexity index is 472. The average Bonchev–Trinajstić information content (AvgIpc) is 2.28. The number of nitrogens with zero attached hydrogens (tertiary/aromatic N) is 3. The number of morpholine rings is 1. The molecule has 0 amide bonds. The van der Waals surface area contributed by atoms with E-state index in [1.807, 2.05) is 0 Å². The van der Waals surface area contributed by atoms with Crippen molar-refractivity contribution in [1.29, 1.82) is 0 Å². The third-order valence-corrected chi connectivity index (χ3v) is 3.69. The molecule has 0 N–H and O–H groups in total. The lowest BCUT2D eigenvalue weighted by Crippen LogP contribution is -2.57. The Balaban J connectivity index is 2.38. The van der Waals surface area contributed by atoms with Crippen molar-refractivity contribution in [3.8, 4) is 0 Å². The summed E-state index contributed by atoms with van der Waals surface area (Å²) in [5.74, 6) is 0.955. The van der Waals surface area contributed by atoms with Gasteiger partial charge in [-0.2, -0.15) is 0 Å². The molecule has 1 aliphatic heterocycles. The van der Waals surface area contributed by atoms with E-state index >= 15 is 0 Å². The van der Waals surface area contributed by atoms with Gasteiger partial charge in [-0.25, -0.2) is 9.97 Å². The Labute approximate surface area is 126 Å². The number of halogens is 1. The van der Waals surface area contributed by atoms with E-state index in [2.05, 4.69) is 49.5 Å². The van der Waals surface area contributed by atoms with Crippen molar-refractivity contribution in [3.05, 3.63) is 17.0 Å². The number of anilines is 1. The van der Waals surface area contributed by atoms with Gasteiger partial charge in [-0.1, -0.05) is 24.9 Å². The van der Waals surface area contributed by atoms with E-state index in [0.717, 1.165) is 37.3 Å². The molecule has 0 aliphatic carbocycles. The van der Waals surface area contributed by atoms with Crippen LogP contribution in [0.3, 0.4) is 0 Å². The summed E-state index contributed by atoms with van der Waals surface area (Å²) >= 11 is 6.26. The van der Waals surface area contributed by atoms with Gasteiger partial charge in [0.25, 0.3) is 0 Å². The lowest BCUT2D eigenvalue weighted by molar-refractivity contribution is -0.133. The Morgan fingerprint density at radius 2 is 1.80 bits per heavy atom. The first-order valence-corrected chi connectivity index (χ1v) is 7.56. The molecule has 0 radical (unpaired) electrons. The normalized spacial score (nSPS) is 21.0. The van der Waals surface area contributed by atoms with E-state index in [4.69, 9.17) is 16.3 Å². The van der Waals surface area contributed by atoms with Crippen LogP contribution in [0.5, 0.6) is 0 Å². The molecule has 0 spiro atoms. The van der Waals surface area contributed by atoms with Gasteiger partial charge in [0, 0.05) is 18.7 Å². The van der Waals surface area contributed by atoms with E-state index in [9.17, 15) is 0 Å². The highest BCUT2D eigenvalue weighted by Gasteiger charge is 2.39. The Kier molecular flexibility index (Phi) is 4.26. The molecule has 1 aromatic heterocycles. The molecule has 1 aliphatic rings. The predicted molar refractivity (Wildman–Crippen MR) is 82.5 cm³/mol. The summed E-state index contributed by atoms with van der Waals surface area (Å²) in [7, 11) is 0. The first-order valence-electron chi connectivity index (χ1n) is 7.18. The fourth-order valence-corrected chi connectivity index (χ4v) is 3.28. The first-order chi connectivity index (χ1) is 9.24. The molecular formula is C15H24ClN3O. The summed E-state index contributed by atoms with van der Waals surface area (Å²) in [6.45, 7) is 12.2. The molecule has 20 heavy (non-hydrogen) atoms. The van der Waals surface area contributed by atoms with Gasteiger partial charge in [-0.3, -0.25) is 0 Å². The van der Waals surface area contributed by atoms with Gasteiger partial charge >= 0.3 is 0 Å². The second-order valence-corrected chi connectivity index (χ2v) is 7.05. The molecule has 1 aromatic rings. The molecule has 2 rings (SSSR count). The molecule has 0 unspecified atom stereocenters. The third-order valence-electron chi connectivity index (χ3n) is 3.37. The lowest BCUT2D eigenvalue weighted by atomic mass is 9.98. The zero-order valence-electron chi connectivity index (χ0n) is 13.0. The van der Waals surface area contributed by atoms with E-state index in [1.54, 1.807) is 6.33 Å².